The number of hydrogen-bond acceptors (Lipinski definition) is 5. The summed E-state index contributed by atoms with van der Waals surface area (Å²) >= 11 is 0. The highest BCUT2D eigenvalue weighted by atomic mass is 16.6. The van der Waals surface area contributed by atoms with Crippen molar-refractivity contribution in [3.8, 4) is 0 Å². The number of allylic oxidation sites excluding steroid dienone is 2. The van der Waals surface area contributed by atoms with Crippen LogP contribution in [-0.4, -0.2) is 36.4 Å². The van der Waals surface area contributed by atoms with Crippen molar-refractivity contribution >= 4 is 11.9 Å². The summed E-state index contributed by atoms with van der Waals surface area (Å²) < 4.78 is 10.6. The van der Waals surface area contributed by atoms with Crippen LogP contribution in [0.15, 0.2) is 12.2 Å². The number of esters is 2. The molecule has 0 rings (SSSR count). The maximum Gasteiger partial charge on any atom is 0.306 e. The lowest BCUT2D eigenvalue weighted by Gasteiger charge is -2.15. The lowest BCUT2D eigenvalue weighted by molar-refractivity contribution is -0.161. The quantitative estimate of drug-likeness (QED) is 0.0465. The van der Waals surface area contributed by atoms with Gasteiger partial charge in [-0.05, 0) is 38.5 Å². The van der Waals surface area contributed by atoms with Gasteiger partial charge in [0, 0.05) is 12.8 Å². The number of carbonyl (C=O) groups excluding carboxylic acids is 2. The number of hydrogen-bond donors (Lipinski definition) is 1. The van der Waals surface area contributed by atoms with E-state index in [0.29, 0.717) is 12.8 Å². The molecule has 0 saturated heterocycles. The van der Waals surface area contributed by atoms with Gasteiger partial charge in [0.15, 0.2) is 6.10 Å². The molecule has 0 amide bonds. The molecule has 5 heteroatoms. The maximum absolute atomic E-state index is 12.1. The second kappa shape index (κ2) is 34.1. The van der Waals surface area contributed by atoms with Crippen LogP contribution in [0, 0.1) is 0 Å². The molecule has 0 aromatic rings. The van der Waals surface area contributed by atoms with Crippen LogP contribution in [0.4, 0.5) is 0 Å². The highest BCUT2D eigenvalue weighted by molar-refractivity contribution is 5.70. The minimum absolute atomic E-state index is 0.0648. The molecule has 248 valence electrons. The fraction of sp³-hybridized carbons (Fsp3) is 0.892. The topological polar surface area (TPSA) is 72.8 Å². The van der Waals surface area contributed by atoms with Gasteiger partial charge in [0.1, 0.15) is 6.61 Å². The van der Waals surface area contributed by atoms with E-state index >= 15 is 0 Å². The number of aliphatic hydroxyl groups excluding tert-OH is 1. The largest absolute Gasteiger partial charge is 0.462 e. The van der Waals surface area contributed by atoms with Gasteiger partial charge in [0.25, 0.3) is 0 Å². The first-order valence-corrected chi connectivity index (χ1v) is 18.2. The van der Waals surface area contributed by atoms with Gasteiger partial charge in [-0.1, -0.05) is 154 Å². The number of rotatable bonds is 33. The van der Waals surface area contributed by atoms with Crippen molar-refractivity contribution in [3.05, 3.63) is 12.2 Å². The van der Waals surface area contributed by atoms with E-state index in [4.69, 9.17) is 9.47 Å². The third-order valence-electron chi connectivity index (χ3n) is 8.06. The Hall–Kier alpha value is -1.36. The van der Waals surface area contributed by atoms with Crippen LogP contribution in [0.3, 0.4) is 0 Å². The van der Waals surface area contributed by atoms with Crippen molar-refractivity contribution in [2.24, 2.45) is 0 Å². The highest BCUT2D eigenvalue weighted by Gasteiger charge is 2.16. The van der Waals surface area contributed by atoms with Gasteiger partial charge in [-0.15, -0.1) is 0 Å². The van der Waals surface area contributed by atoms with Gasteiger partial charge >= 0.3 is 11.9 Å². The molecule has 0 aliphatic carbocycles. The van der Waals surface area contributed by atoms with Crippen LogP contribution in [0.25, 0.3) is 0 Å². The third-order valence-corrected chi connectivity index (χ3v) is 8.06. The second-order valence-corrected chi connectivity index (χ2v) is 12.3. The Morgan fingerprint density at radius 2 is 0.881 bits per heavy atom. The van der Waals surface area contributed by atoms with Crippen molar-refractivity contribution in [2.75, 3.05) is 13.2 Å². The summed E-state index contributed by atoms with van der Waals surface area (Å²) in [5.74, 6) is -0.593. The molecule has 0 bridgehead atoms. The molecule has 0 aliphatic rings. The Kier molecular flexibility index (Phi) is 33.0. The molecule has 0 unspecified atom stereocenters. The summed E-state index contributed by atoms with van der Waals surface area (Å²) in [7, 11) is 0. The maximum atomic E-state index is 12.1. The Bertz CT molecular complexity index is 603. The monoisotopic (exact) mass is 595 g/mol. The summed E-state index contributed by atoms with van der Waals surface area (Å²) in [6, 6.07) is 0. The molecule has 0 radical (unpaired) electrons. The fourth-order valence-corrected chi connectivity index (χ4v) is 5.25. The van der Waals surface area contributed by atoms with Crippen LogP contribution in [0.2, 0.25) is 0 Å². The smallest absolute Gasteiger partial charge is 0.306 e. The van der Waals surface area contributed by atoms with E-state index in [2.05, 4.69) is 26.0 Å². The molecule has 0 aliphatic heterocycles. The van der Waals surface area contributed by atoms with Crippen molar-refractivity contribution in [3.63, 3.8) is 0 Å². The second-order valence-electron chi connectivity index (χ2n) is 12.3. The molecule has 1 atom stereocenters. The molecule has 0 heterocycles. The van der Waals surface area contributed by atoms with E-state index in [9.17, 15) is 14.7 Å². The zero-order valence-corrected chi connectivity index (χ0v) is 28.0. The predicted octanol–water partition coefficient (Wildman–Crippen LogP) is 11.0. The van der Waals surface area contributed by atoms with Gasteiger partial charge in [-0.25, -0.2) is 0 Å². The van der Waals surface area contributed by atoms with Crippen molar-refractivity contribution in [1.29, 1.82) is 0 Å². The summed E-state index contributed by atoms with van der Waals surface area (Å²) in [6.07, 6.45) is 36.9. The predicted molar refractivity (Wildman–Crippen MR) is 178 cm³/mol. The molecule has 1 N–H and O–H groups in total. The number of ether oxygens (including phenoxy) is 2. The Morgan fingerprint density at radius 3 is 1.31 bits per heavy atom. The zero-order valence-electron chi connectivity index (χ0n) is 28.0. The zero-order chi connectivity index (χ0) is 30.8. The molecular weight excluding hydrogens is 524 g/mol. The van der Waals surface area contributed by atoms with Gasteiger partial charge in [0.2, 0.25) is 0 Å². The van der Waals surface area contributed by atoms with Crippen LogP contribution < -0.4 is 0 Å². The first kappa shape index (κ1) is 40.6. The third kappa shape index (κ3) is 31.6. The average Bonchev–Trinajstić information content (AvgIpc) is 2.99. The van der Waals surface area contributed by atoms with E-state index in [0.717, 1.165) is 44.9 Å². The number of unbranched alkanes of at least 4 members (excludes halogenated alkanes) is 23. The minimum Gasteiger partial charge on any atom is -0.462 e. The molecule has 0 aromatic carbocycles. The summed E-state index contributed by atoms with van der Waals surface area (Å²) in [6.45, 7) is 4.12. The summed E-state index contributed by atoms with van der Waals surface area (Å²) in [4.78, 5) is 24.1. The van der Waals surface area contributed by atoms with E-state index in [1.807, 2.05) is 0 Å². The standard InChI is InChI=1S/C37H70O5/c1-3-5-7-9-11-13-15-17-18-20-22-24-26-28-30-32-37(40)42-35(33-38)34-41-36(39)31-29-27-25-23-21-19-16-14-12-10-8-6-4-2/h14,16,35,38H,3-13,15,17-34H2,1-2H3/t35-/m0/s1. The fourth-order valence-electron chi connectivity index (χ4n) is 5.25. The molecule has 0 aromatic heterocycles. The van der Waals surface area contributed by atoms with Crippen LogP contribution >= 0.6 is 0 Å². The van der Waals surface area contributed by atoms with Gasteiger partial charge in [0.05, 0.1) is 6.61 Å². The minimum atomic E-state index is -0.766. The van der Waals surface area contributed by atoms with Crippen molar-refractivity contribution in [2.45, 2.75) is 200 Å². The molecule has 0 spiro atoms. The Morgan fingerprint density at radius 1 is 0.524 bits per heavy atom. The van der Waals surface area contributed by atoms with E-state index in [1.165, 1.54) is 122 Å². The van der Waals surface area contributed by atoms with Crippen LogP contribution in [-0.2, 0) is 19.1 Å². The summed E-state index contributed by atoms with van der Waals surface area (Å²) in [5.41, 5.74) is 0. The lowest BCUT2D eigenvalue weighted by Crippen LogP contribution is -2.28. The van der Waals surface area contributed by atoms with E-state index in [-0.39, 0.29) is 25.2 Å². The van der Waals surface area contributed by atoms with Crippen molar-refractivity contribution in [1.82, 2.24) is 0 Å². The molecule has 5 nitrogen and oxygen atoms in total. The first-order valence-electron chi connectivity index (χ1n) is 18.2. The van der Waals surface area contributed by atoms with E-state index < -0.39 is 6.10 Å². The molecule has 0 fully saturated rings. The summed E-state index contributed by atoms with van der Waals surface area (Å²) in [5, 5.41) is 9.52. The number of carbonyl (C=O) groups is 2. The molecule has 42 heavy (non-hydrogen) atoms. The highest BCUT2D eigenvalue weighted by Crippen LogP contribution is 2.14. The van der Waals surface area contributed by atoms with E-state index in [1.54, 1.807) is 0 Å². The normalized spacial score (nSPS) is 12.2. The number of aliphatic hydroxyl groups is 1. The van der Waals surface area contributed by atoms with Crippen molar-refractivity contribution < 1.29 is 24.2 Å². The Labute approximate surface area is 261 Å². The van der Waals surface area contributed by atoms with Crippen LogP contribution in [0.5, 0.6) is 0 Å². The molecule has 0 saturated carbocycles. The first-order chi connectivity index (χ1) is 20.6. The van der Waals surface area contributed by atoms with Crippen LogP contribution in [0.1, 0.15) is 194 Å². The SMILES string of the molecule is CCCCCCC=CCCCCCCCC(=O)OC[C@H](CO)OC(=O)CCCCCCCCCCCCCCCCC. The lowest BCUT2D eigenvalue weighted by atomic mass is 10.0. The molecular formula is C37H70O5. The Balaban J connectivity index is 3.54. The van der Waals surface area contributed by atoms with Gasteiger partial charge < -0.3 is 14.6 Å². The average molecular weight is 595 g/mol. The van der Waals surface area contributed by atoms with Gasteiger partial charge in [-0.2, -0.15) is 0 Å². The van der Waals surface area contributed by atoms with Gasteiger partial charge in [-0.3, -0.25) is 9.59 Å².